The monoisotopic (exact) mass is 353 g/mol. The van der Waals surface area contributed by atoms with Gasteiger partial charge < -0.3 is 9.84 Å². The standard InChI is InChI=1S/C17H23NO3S2/c1-12(2)15-11-23-17(22)18(15)16(20)8-14(19)10-21-9-13-6-4-3-5-7-13/h3-7,12,14-15,19H,8-11H2,1-2H3/t14-,15-/m1/s1. The average Bonchev–Trinajstić information content (AvgIpc) is 2.90. The van der Waals surface area contributed by atoms with E-state index >= 15 is 0 Å². The Bertz CT molecular complexity index is 536. The summed E-state index contributed by atoms with van der Waals surface area (Å²) in [5, 5.41) is 10.0. The second-order valence-electron chi connectivity index (χ2n) is 6.01. The van der Waals surface area contributed by atoms with Gasteiger partial charge in [-0.05, 0) is 11.5 Å². The summed E-state index contributed by atoms with van der Waals surface area (Å²) in [6, 6.07) is 9.87. The number of hydrogen-bond donors (Lipinski definition) is 1. The van der Waals surface area contributed by atoms with Gasteiger partial charge in [-0.2, -0.15) is 0 Å². The zero-order chi connectivity index (χ0) is 16.8. The van der Waals surface area contributed by atoms with Crippen LogP contribution in [0.4, 0.5) is 0 Å². The van der Waals surface area contributed by atoms with E-state index in [1.807, 2.05) is 30.3 Å². The first-order valence-corrected chi connectivity index (χ1v) is 9.17. The van der Waals surface area contributed by atoms with Crippen LogP contribution < -0.4 is 0 Å². The van der Waals surface area contributed by atoms with Gasteiger partial charge in [0.25, 0.3) is 0 Å². The van der Waals surface area contributed by atoms with Gasteiger partial charge in [-0.1, -0.05) is 68.2 Å². The first-order chi connectivity index (χ1) is 11.0. The molecular formula is C17H23NO3S2. The molecule has 0 bridgehead atoms. The lowest BCUT2D eigenvalue weighted by Gasteiger charge is -2.27. The predicted octanol–water partition coefficient (Wildman–Crippen LogP) is 2.84. The van der Waals surface area contributed by atoms with Gasteiger partial charge in [0.15, 0.2) is 0 Å². The molecule has 1 aliphatic rings. The summed E-state index contributed by atoms with van der Waals surface area (Å²) < 4.78 is 6.10. The third kappa shape index (κ3) is 5.28. The molecule has 0 saturated carbocycles. The number of nitrogens with zero attached hydrogens (tertiary/aromatic N) is 1. The Kier molecular flexibility index (Phi) is 7.02. The Morgan fingerprint density at radius 3 is 2.78 bits per heavy atom. The molecule has 2 atom stereocenters. The SMILES string of the molecule is CC(C)[C@H]1CSC(=S)N1C(=O)C[C@@H](O)COCc1ccccc1. The summed E-state index contributed by atoms with van der Waals surface area (Å²) in [6.45, 7) is 4.73. The van der Waals surface area contributed by atoms with E-state index in [9.17, 15) is 9.90 Å². The van der Waals surface area contributed by atoms with Gasteiger partial charge in [-0.25, -0.2) is 0 Å². The van der Waals surface area contributed by atoms with E-state index in [1.54, 1.807) is 4.90 Å². The van der Waals surface area contributed by atoms with E-state index in [1.165, 1.54) is 11.8 Å². The molecule has 23 heavy (non-hydrogen) atoms. The summed E-state index contributed by atoms with van der Waals surface area (Å²) >= 11 is 6.81. The highest BCUT2D eigenvalue weighted by molar-refractivity contribution is 8.23. The normalized spacial score (nSPS) is 19.4. The Morgan fingerprint density at radius 2 is 2.13 bits per heavy atom. The van der Waals surface area contributed by atoms with Gasteiger partial charge in [-0.3, -0.25) is 9.69 Å². The maximum Gasteiger partial charge on any atom is 0.231 e. The van der Waals surface area contributed by atoms with Crippen molar-refractivity contribution in [1.29, 1.82) is 0 Å². The summed E-state index contributed by atoms with van der Waals surface area (Å²) in [7, 11) is 0. The molecule has 0 spiro atoms. The molecule has 2 rings (SSSR count). The van der Waals surface area contributed by atoms with E-state index in [4.69, 9.17) is 17.0 Å². The van der Waals surface area contributed by atoms with Crippen molar-refractivity contribution in [1.82, 2.24) is 4.90 Å². The molecule has 4 nitrogen and oxygen atoms in total. The largest absolute Gasteiger partial charge is 0.390 e. The summed E-state index contributed by atoms with van der Waals surface area (Å²) in [5.41, 5.74) is 1.04. The second kappa shape index (κ2) is 8.78. The van der Waals surface area contributed by atoms with Crippen LogP contribution >= 0.6 is 24.0 Å². The van der Waals surface area contributed by atoms with Crippen molar-refractivity contribution in [2.75, 3.05) is 12.4 Å². The number of thiocarbonyl (C=S) groups is 1. The molecule has 126 valence electrons. The molecule has 1 saturated heterocycles. The van der Waals surface area contributed by atoms with Crippen molar-refractivity contribution in [2.45, 2.75) is 39.0 Å². The van der Waals surface area contributed by atoms with Crippen LogP contribution in [0.25, 0.3) is 0 Å². The second-order valence-corrected chi connectivity index (χ2v) is 7.66. The number of hydrogen-bond acceptors (Lipinski definition) is 5. The molecule has 0 radical (unpaired) electrons. The highest BCUT2D eigenvalue weighted by Gasteiger charge is 2.36. The molecule has 1 N–H and O–H groups in total. The van der Waals surface area contributed by atoms with E-state index in [0.717, 1.165) is 11.3 Å². The number of ether oxygens (including phenoxy) is 1. The number of aliphatic hydroxyl groups excluding tert-OH is 1. The van der Waals surface area contributed by atoms with Crippen molar-refractivity contribution in [2.24, 2.45) is 5.92 Å². The molecule has 0 unspecified atom stereocenters. The van der Waals surface area contributed by atoms with Crippen molar-refractivity contribution < 1.29 is 14.6 Å². The van der Waals surface area contributed by atoms with Crippen LogP contribution in [-0.2, 0) is 16.1 Å². The van der Waals surface area contributed by atoms with E-state index in [-0.39, 0.29) is 25.0 Å². The number of thioether (sulfide) groups is 1. The van der Waals surface area contributed by atoms with Crippen LogP contribution in [0, 0.1) is 5.92 Å². The van der Waals surface area contributed by atoms with Crippen molar-refractivity contribution in [3.05, 3.63) is 35.9 Å². The number of aliphatic hydroxyl groups is 1. The molecule has 0 aromatic heterocycles. The Hall–Kier alpha value is -0.950. The molecule has 0 aliphatic carbocycles. The fourth-order valence-corrected chi connectivity index (χ4v) is 4.12. The lowest BCUT2D eigenvalue weighted by atomic mass is 10.0. The maximum atomic E-state index is 12.4. The predicted molar refractivity (Wildman–Crippen MR) is 97.2 cm³/mol. The first-order valence-electron chi connectivity index (χ1n) is 7.77. The number of amides is 1. The van der Waals surface area contributed by atoms with Crippen LogP contribution in [0.15, 0.2) is 30.3 Å². The van der Waals surface area contributed by atoms with E-state index in [0.29, 0.717) is 16.8 Å². The summed E-state index contributed by atoms with van der Waals surface area (Å²) in [5.74, 6) is 1.07. The Labute approximate surface area is 147 Å². The number of benzene rings is 1. The molecular weight excluding hydrogens is 330 g/mol. The quantitative estimate of drug-likeness (QED) is 0.764. The molecule has 1 fully saturated rings. The minimum atomic E-state index is -0.813. The molecule has 1 aromatic rings. The number of rotatable bonds is 7. The first kappa shape index (κ1) is 18.4. The summed E-state index contributed by atoms with van der Waals surface area (Å²) in [4.78, 5) is 14.1. The Balaban J connectivity index is 1.79. The van der Waals surface area contributed by atoms with Gasteiger partial charge in [0.2, 0.25) is 5.91 Å². The minimum absolute atomic E-state index is 0.0404. The van der Waals surface area contributed by atoms with Crippen molar-refractivity contribution in [3.8, 4) is 0 Å². The van der Waals surface area contributed by atoms with Gasteiger partial charge >= 0.3 is 0 Å². The molecule has 1 aliphatic heterocycles. The van der Waals surface area contributed by atoms with E-state index in [2.05, 4.69) is 13.8 Å². The zero-order valence-corrected chi connectivity index (χ0v) is 15.1. The minimum Gasteiger partial charge on any atom is -0.390 e. The van der Waals surface area contributed by atoms with Gasteiger partial charge in [0.1, 0.15) is 4.32 Å². The van der Waals surface area contributed by atoms with Gasteiger partial charge in [0, 0.05) is 11.8 Å². The highest BCUT2D eigenvalue weighted by atomic mass is 32.2. The number of carbonyl (C=O) groups excluding carboxylic acids is 1. The molecule has 6 heteroatoms. The van der Waals surface area contributed by atoms with Gasteiger partial charge in [0.05, 0.1) is 25.7 Å². The lowest BCUT2D eigenvalue weighted by molar-refractivity contribution is -0.131. The van der Waals surface area contributed by atoms with Crippen LogP contribution in [0.1, 0.15) is 25.8 Å². The molecule has 1 aromatic carbocycles. The van der Waals surface area contributed by atoms with Crippen molar-refractivity contribution in [3.63, 3.8) is 0 Å². The third-order valence-electron chi connectivity index (χ3n) is 3.78. The zero-order valence-electron chi connectivity index (χ0n) is 13.5. The Morgan fingerprint density at radius 1 is 1.43 bits per heavy atom. The highest BCUT2D eigenvalue weighted by Crippen LogP contribution is 2.29. The topological polar surface area (TPSA) is 49.8 Å². The van der Waals surface area contributed by atoms with Crippen LogP contribution in [0.2, 0.25) is 0 Å². The van der Waals surface area contributed by atoms with Crippen molar-refractivity contribution >= 4 is 34.2 Å². The van der Waals surface area contributed by atoms with Crippen LogP contribution in [0.5, 0.6) is 0 Å². The summed E-state index contributed by atoms with van der Waals surface area (Å²) in [6.07, 6.45) is -0.772. The number of carbonyl (C=O) groups is 1. The van der Waals surface area contributed by atoms with Crippen LogP contribution in [0.3, 0.4) is 0 Å². The van der Waals surface area contributed by atoms with E-state index < -0.39 is 6.10 Å². The van der Waals surface area contributed by atoms with Crippen LogP contribution in [-0.4, -0.2) is 44.7 Å². The fourth-order valence-electron chi connectivity index (χ4n) is 2.46. The average molecular weight is 354 g/mol. The lowest BCUT2D eigenvalue weighted by Crippen LogP contribution is -2.43. The third-order valence-corrected chi connectivity index (χ3v) is 5.28. The van der Waals surface area contributed by atoms with Gasteiger partial charge in [-0.15, -0.1) is 0 Å². The maximum absolute atomic E-state index is 12.4. The smallest absolute Gasteiger partial charge is 0.231 e. The fraction of sp³-hybridized carbons (Fsp3) is 0.529. The molecule has 1 amide bonds. The molecule has 1 heterocycles.